The van der Waals surface area contributed by atoms with E-state index in [0.717, 1.165) is 10.1 Å². The molecular formula is C21H22N2O4S. The summed E-state index contributed by atoms with van der Waals surface area (Å²) in [6.07, 6.45) is 0.484. The average molecular weight is 398 g/mol. The van der Waals surface area contributed by atoms with Crippen LogP contribution in [-0.2, 0) is 11.2 Å². The Labute approximate surface area is 168 Å². The lowest BCUT2D eigenvalue weighted by atomic mass is 10.1. The van der Waals surface area contributed by atoms with E-state index < -0.39 is 23.7 Å². The first-order valence-corrected chi connectivity index (χ1v) is 9.57. The Morgan fingerprint density at radius 3 is 2.14 bits per heavy atom. The number of nitrogens with zero attached hydrogens (tertiary/aromatic N) is 2. The van der Waals surface area contributed by atoms with Gasteiger partial charge in [-0.2, -0.15) is 12.6 Å². The predicted molar refractivity (Wildman–Crippen MR) is 111 cm³/mol. The standard InChI is InChI=1S/C21H22N2O4S/c1-14(20(25)26)22-18(16-10-6-3-7-11-16)19(24)23(21(22)27)17(13-28)12-15-8-4-2-5-9-15/h2-11,14,17,24,28H,12-13H2,1H3,(H,25,26). The van der Waals surface area contributed by atoms with Crippen molar-refractivity contribution in [2.75, 3.05) is 5.75 Å². The van der Waals surface area contributed by atoms with Crippen molar-refractivity contribution in [1.82, 2.24) is 9.13 Å². The Balaban J connectivity index is 2.19. The smallest absolute Gasteiger partial charge is 0.332 e. The van der Waals surface area contributed by atoms with Gasteiger partial charge < -0.3 is 10.2 Å². The van der Waals surface area contributed by atoms with Crippen LogP contribution in [0.2, 0.25) is 0 Å². The lowest BCUT2D eigenvalue weighted by Gasteiger charge is -2.16. The van der Waals surface area contributed by atoms with Gasteiger partial charge in [0.1, 0.15) is 11.7 Å². The second-order valence-corrected chi connectivity index (χ2v) is 6.97. The van der Waals surface area contributed by atoms with Crippen LogP contribution in [0.5, 0.6) is 5.88 Å². The Morgan fingerprint density at radius 1 is 1.04 bits per heavy atom. The molecule has 0 bridgehead atoms. The minimum absolute atomic E-state index is 0.195. The number of imidazole rings is 1. The van der Waals surface area contributed by atoms with Crippen LogP contribution in [0.15, 0.2) is 65.5 Å². The molecule has 2 aromatic carbocycles. The summed E-state index contributed by atoms with van der Waals surface area (Å²) in [5, 5.41) is 20.5. The molecule has 1 heterocycles. The fourth-order valence-electron chi connectivity index (χ4n) is 3.31. The monoisotopic (exact) mass is 398 g/mol. The summed E-state index contributed by atoms with van der Waals surface area (Å²) in [7, 11) is 0. The van der Waals surface area contributed by atoms with Crippen molar-refractivity contribution >= 4 is 18.6 Å². The van der Waals surface area contributed by atoms with E-state index in [2.05, 4.69) is 12.6 Å². The first-order valence-electron chi connectivity index (χ1n) is 8.94. The Morgan fingerprint density at radius 2 is 1.61 bits per heavy atom. The summed E-state index contributed by atoms with van der Waals surface area (Å²) in [6, 6.07) is 16.8. The molecule has 0 saturated carbocycles. The zero-order valence-electron chi connectivity index (χ0n) is 15.4. The minimum Gasteiger partial charge on any atom is -0.493 e. The zero-order chi connectivity index (χ0) is 20.3. The van der Waals surface area contributed by atoms with Crippen molar-refractivity contribution in [1.29, 1.82) is 0 Å². The summed E-state index contributed by atoms with van der Waals surface area (Å²) in [6.45, 7) is 1.42. The second kappa shape index (κ2) is 8.39. The number of benzene rings is 2. The van der Waals surface area contributed by atoms with Gasteiger partial charge in [-0.15, -0.1) is 0 Å². The molecule has 2 unspecified atom stereocenters. The number of thiol groups is 1. The van der Waals surface area contributed by atoms with E-state index in [1.54, 1.807) is 24.3 Å². The van der Waals surface area contributed by atoms with Crippen molar-refractivity contribution in [2.24, 2.45) is 0 Å². The minimum atomic E-state index is -1.15. The van der Waals surface area contributed by atoms with Crippen molar-refractivity contribution < 1.29 is 15.0 Å². The van der Waals surface area contributed by atoms with Crippen LogP contribution in [0, 0.1) is 0 Å². The van der Waals surface area contributed by atoms with Gasteiger partial charge in [0.25, 0.3) is 0 Å². The van der Waals surface area contributed by atoms with Gasteiger partial charge in [0, 0.05) is 11.3 Å². The van der Waals surface area contributed by atoms with Gasteiger partial charge in [0.15, 0.2) is 0 Å². The highest BCUT2D eigenvalue weighted by atomic mass is 32.1. The lowest BCUT2D eigenvalue weighted by molar-refractivity contribution is -0.140. The topological polar surface area (TPSA) is 84.5 Å². The van der Waals surface area contributed by atoms with Crippen molar-refractivity contribution in [3.05, 3.63) is 76.7 Å². The summed E-state index contributed by atoms with van der Waals surface area (Å²) >= 11 is 4.38. The SMILES string of the molecule is CC(C(=O)O)n1c(-c2ccccc2)c(O)n(C(CS)Cc2ccccc2)c1=O. The van der Waals surface area contributed by atoms with Crippen LogP contribution in [0.3, 0.4) is 0 Å². The Bertz CT molecular complexity index is 1010. The first-order chi connectivity index (χ1) is 13.5. The van der Waals surface area contributed by atoms with E-state index in [0.29, 0.717) is 17.7 Å². The van der Waals surface area contributed by atoms with E-state index in [4.69, 9.17) is 0 Å². The van der Waals surface area contributed by atoms with Gasteiger partial charge in [0.2, 0.25) is 5.88 Å². The lowest BCUT2D eigenvalue weighted by Crippen LogP contribution is -2.33. The molecule has 28 heavy (non-hydrogen) atoms. The fourth-order valence-corrected chi connectivity index (χ4v) is 3.60. The van der Waals surface area contributed by atoms with Gasteiger partial charge in [-0.3, -0.25) is 9.13 Å². The van der Waals surface area contributed by atoms with Gasteiger partial charge in [-0.1, -0.05) is 60.7 Å². The maximum Gasteiger partial charge on any atom is 0.332 e. The molecular weight excluding hydrogens is 376 g/mol. The summed E-state index contributed by atoms with van der Waals surface area (Å²) in [5.41, 5.74) is 1.19. The Hall–Kier alpha value is -2.93. The van der Waals surface area contributed by atoms with Gasteiger partial charge >= 0.3 is 11.7 Å². The largest absolute Gasteiger partial charge is 0.493 e. The van der Waals surface area contributed by atoms with E-state index in [-0.39, 0.29) is 11.6 Å². The maximum atomic E-state index is 13.2. The number of aromatic hydroxyl groups is 1. The van der Waals surface area contributed by atoms with Gasteiger partial charge in [-0.05, 0) is 18.9 Å². The van der Waals surface area contributed by atoms with E-state index in [9.17, 15) is 19.8 Å². The fraction of sp³-hybridized carbons (Fsp3) is 0.238. The highest BCUT2D eigenvalue weighted by Gasteiger charge is 2.30. The van der Waals surface area contributed by atoms with Gasteiger partial charge in [-0.25, -0.2) is 9.59 Å². The molecule has 0 spiro atoms. The molecule has 2 N–H and O–H groups in total. The third kappa shape index (κ3) is 3.71. The molecule has 2 atom stereocenters. The van der Waals surface area contributed by atoms with Crippen LogP contribution < -0.4 is 5.69 Å². The molecule has 0 radical (unpaired) electrons. The maximum absolute atomic E-state index is 13.2. The molecule has 1 aromatic heterocycles. The predicted octanol–water partition coefficient (Wildman–Crippen LogP) is 3.38. The summed E-state index contributed by atoms with van der Waals surface area (Å²) in [5.74, 6) is -1.09. The zero-order valence-corrected chi connectivity index (χ0v) is 16.3. The molecule has 7 heteroatoms. The van der Waals surface area contributed by atoms with E-state index in [1.807, 2.05) is 36.4 Å². The number of rotatable bonds is 7. The first kappa shape index (κ1) is 19.8. The molecule has 0 saturated heterocycles. The van der Waals surface area contributed by atoms with E-state index >= 15 is 0 Å². The number of carbonyl (C=O) groups is 1. The molecule has 0 aliphatic heterocycles. The summed E-state index contributed by atoms with van der Waals surface area (Å²) in [4.78, 5) is 24.8. The van der Waals surface area contributed by atoms with E-state index in [1.165, 1.54) is 11.5 Å². The highest BCUT2D eigenvalue weighted by Crippen LogP contribution is 2.33. The normalized spacial score (nSPS) is 13.2. The van der Waals surface area contributed by atoms with Crippen LogP contribution in [0.25, 0.3) is 11.3 Å². The molecule has 0 aliphatic carbocycles. The van der Waals surface area contributed by atoms with Crippen LogP contribution in [-0.4, -0.2) is 31.1 Å². The molecule has 0 fully saturated rings. The van der Waals surface area contributed by atoms with Crippen molar-refractivity contribution in [3.8, 4) is 17.1 Å². The average Bonchev–Trinajstić information content (AvgIpc) is 2.97. The van der Waals surface area contributed by atoms with Crippen molar-refractivity contribution in [2.45, 2.75) is 25.4 Å². The molecule has 3 rings (SSSR count). The number of aliphatic carboxylic acids is 1. The molecule has 0 amide bonds. The molecule has 146 valence electrons. The highest BCUT2D eigenvalue weighted by molar-refractivity contribution is 7.80. The van der Waals surface area contributed by atoms with Crippen molar-refractivity contribution in [3.63, 3.8) is 0 Å². The third-order valence-corrected chi connectivity index (χ3v) is 5.20. The third-order valence-electron chi connectivity index (χ3n) is 4.78. The van der Waals surface area contributed by atoms with Crippen LogP contribution in [0.4, 0.5) is 0 Å². The Kier molecular flexibility index (Phi) is 5.94. The number of hydrogen-bond donors (Lipinski definition) is 3. The quantitative estimate of drug-likeness (QED) is 0.533. The number of carboxylic acid groups (broad SMARTS) is 1. The number of aromatic nitrogens is 2. The van der Waals surface area contributed by atoms with Gasteiger partial charge in [0.05, 0.1) is 6.04 Å². The number of hydrogen-bond acceptors (Lipinski definition) is 4. The van der Waals surface area contributed by atoms with Crippen LogP contribution in [0.1, 0.15) is 24.6 Å². The summed E-state index contributed by atoms with van der Waals surface area (Å²) < 4.78 is 2.39. The molecule has 3 aromatic rings. The van der Waals surface area contributed by atoms with Crippen LogP contribution >= 0.6 is 12.6 Å². The second-order valence-electron chi connectivity index (χ2n) is 6.60. The molecule has 6 nitrogen and oxygen atoms in total. The number of carboxylic acids is 1. The molecule has 0 aliphatic rings.